The van der Waals surface area contributed by atoms with Crippen molar-refractivity contribution in [3.05, 3.63) is 78.0 Å². The van der Waals surface area contributed by atoms with Crippen molar-refractivity contribution >= 4 is 28.0 Å². The van der Waals surface area contributed by atoms with E-state index in [0.29, 0.717) is 11.5 Å². The van der Waals surface area contributed by atoms with Gasteiger partial charge in [0.1, 0.15) is 0 Å². The summed E-state index contributed by atoms with van der Waals surface area (Å²) in [6.07, 6.45) is 1.64. The van der Waals surface area contributed by atoms with E-state index in [9.17, 15) is 8.42 Å². The Morgan fingerprint density at radius 2 is 1.62 bits per heavy atom. The predicted octanol–water partition coefficient (Wildman–Crippen LogP) is 3.03. The first-order valence-corrected chi connectivity index (χ1v) is 9.29. The molecule has 0 unspecified atom stereocenters. The molecule has 0 bridgehead atoms. The van der Waals surface area contributed by atoms with Crippen molar-refractivity contribution in [1.29, 1.82) is 0 Å². The van der Waals surface area contributed by atoms with Gasteiger partial charge in [-0.25, -0.2) is 18.1 Å². The number of hydrogen-bond acceptors (Lipinski definition) is 6. The maximum atomic E-state index is 12.4. The number of benzene rings is 2. The Balaban J connectivity index is 1.76. The summed E-state index contributed by atoms with van der Waals surface area (Å²) in [5.74, 6) is 0.363. The number of nitrogens with one attached hydrogen (secondary N) is 2. The van der Waals surface area contributed by atoms with Crippen molar-refractivity contribution in [2.45, 2.75) is 11.8 Å². The van der Waals surface area contributed by atoms with Crippen molar-refractivity contribution in [3.8, 4) is 0 Å². The molecule has 1 aromatic heterocycles. The Hall–Kier alpha value is -3.26. The maximum absolute atomic E-state index is 12.4. The molecule has 2 N–H and O–H groups in total. The number of anilines is 2. The van der Waals surface area contributed by atoms with Crippen LogP contribution in [0.4, 0.5) is 11.8 Å². The first-order valence-electron chi connectivity index (χ1n) is 7.81. The predicted molar refractivity (Wildman–Crippen MR) is 102 cm³/mol. The van der Waals surface area contributed by atoms with Crippen LogP contribution in [0.1, 0.15) is 11.3 Å². The quantitative estimate of drug-likeness (QED) is 0.516. The lowest BCUT2D eigenvalue weighted by Crippen LogP contribution is -2.15. The zero-order valence-corrected chi connectivity index (χ0v) is 14.8. The van der Waals surface area contributed by atoms with Crippen LogP contribution in [-0.2, 0) is 10.0 Å². The summed E-state index contributed by atoms with van der Waals surface area (Å²) in [6.45, 7) is 1.74. The van der Waals surface area contributed by atoms with Gasteiger partial charge in [0.15, 0.2) is 5.82 Å². The van der Waals surface area contributed by atoms with Crippen LogP contribution in [-0.4, -0.2) is 24.6 Å². The standard InChI is InChI=1S/C18H17N5O2S/c1-14-12-17(22-19-13-15-8-4-2-5-9-15)21-18(20-14)23-26(24,25)16-10-6-3-7-11-16/h2-13H,1H3,(H2,20,21,22,23)/b19-13-. The molecule has 0 fully saturated rings. The van der Waals surface area contributed by atoms with E-state index < -0.39 is 10.0 Å². The van der Waals surface area contributed by atoms with Crippen LogP contribution in [0.15, 0.2) is 76.7 Å². The van der Waals surface area contributed by atoms with Gasteiger partial charge in [0, 0.05) is 11.8 Å². The van der Waals surface area contributed by atoms with Gasteiger partial charge in [-0.2, -0.15) is 10.1 Å². The van der Waals surface area contributed by atoms with Gasteiger partial charge in [-0.05, 0) is 24.6 Å². The molecule has 0 atom stereocenters. The van der Waals surface area contributed by atoms with Gasteiger partial charge >= 0.3 is 0 Å². The third kappa shape index (κ3) is 4.64. The van der Waals surface area contributed by atoms with Crippen LogP contribution < -0.4 is 10.1 Å². The second-order valence-electron chi connectivity index (χ2n) is 5.42. The van der Waals surface area contributed by atoms with E-state index in [0.717, 1.165) is 5.56 Å². The fourth-order valence-electron chi connectivity index (χ4n) is 2.16. The van der Waals surface area contributed by atoms with Crippen LogP contribution in [0, 0.1) is 6.92 Å². The van der Waals surface area contributed by atoms with Crippen molar-refractivity contribution < 1.29 is 8.42 Å². The molecular weight excluding hydrogens is 350 g/mol. The van der Waals surface area contributed by atoms with Crippen LogP contribution >= 0.6 is 0 Å². The average Bonchev–Trinajstić information content (AvgIpc) is 2.62. The van der Waals surface area contributed by atoms with Gasteiger partial charge in [-0.1, -0.05) is 48.5 Å². The monoisotopic (exact) mass is 367 g/mol. The lowest BCUT2D eigenvalue weighted by atomic mass is 10.2. The Bertz CT molecular complexity index is 1010. The summed E-state index contributed by atoms with van der Waals surface area (Å²) in [4.78, 5) is 8.41. The minimum absolute atomic E-state index is 0.0220. The first kappa shape index (κ1) is 17.6. The normalized spacial score (nSPS) is 11.4. The molecule has 26 heavy (non-hydrogen) atoms. The van der Waals surface area contributed by atoms with Crippen LogP contribution in [0.3, 0.4) is 0 Å². The molecule has 1 heterocycles. The highest BCUT2D eigenvalue weighted by molar-refractivity contribution is 7.92. The summed E-state index contributed by atoms with van der Waals surface area (Å²) in [7, 11) is -3.75. The van der Waals surface area contributed by atoms with E-state index in [-0.39, 0.29) is 10.8 Å². The lowest BCUT2D eigenvalue weighted by Gasteiger charge is -2.08. The van der Waals surface area contributed by atoms with Gasteiger partial charge in [0.05, 0.1) is 11.1 Å². The Labute approximate surface area is 151 Å². The molecule has 0 saturated heterocycles. The highest BCUT2D eigenvalue weighted by Gasteiger charge is 2.15. The molecule has 0 aliphatic carbocycles. The highest BCUT2D eigenvalue weighted by Crippen LogP contribution is 2.15. The summed E-state index contributed by atoms with van der Waals surface area (Å²) >= 11 is 0. The maximum Gasteiger partial charge on any atom is 0.264 e. The van der Waals surface area contributed by atoms with Gasteiger partial charge in [0.25, 0.3) is 10.0 Å². The van der Waals surface area contributed by atoms with Crippen molar-refractivity contribution in [1.82, 2.24) is 9.97 Å². The second-order valence-corrected chi connectivity index (χ2v) is 7.10. The van der Waals surface area contributed by atoms with Crippen molar-refractivity contribution in [2.75, 3.05) is 10.1 Å². The van der Waals surface area contributed by atoms with E-state index >= 15 is 0 Å². The molecule has 0 spiro atoms. The summed E-state index contributed by atoms with van der Waals surface area (Å²) in [5.41, 5.74) is 4.31. The minimum atomic E-state index is -3.75. The van der Waals surface area contributed by atoms with E-state index in [1.807, 2.05) is 30.3 Å². The molecule has 0 aliphatic heterocycles. The first-order chi connectivity index (χ1) is 12.5. The zero-order chi connectivity index (χ0) is 18.4. The molecule has 0 radical (unpaired) electrons. The number of hydrazone groups is 1. The van der Waals surface area contributed by atoms with Gasteiger partial charge < -0.3 is 0 Å². The number of aryl methyl sites for hydroxylation is 1. The van der Waals surface area contributed by atoms with Gasteiger partial charge in [0.2, 0.25) is 5.95 Å². The summed E-state index contributed by atoms with van der Waals surface area (Å²) in [6, 6.07) is 19.3. The highest BCUT2D eigenvalue weighted by atomic mass is 32.2. The van der Waals surface area contributed by atoms with Crippen LogP contribution in [0.2, 0.25) is 0 Å². The third-order valence-corrected chi connectivity index (χ3v) is 4.67. The number of nitrogens with zero attached hydrogens (tertiary/aromatic N) is 3. The molecule has 2 aromatic carbocycles. The van der Waals surface area contributed by atoms with Crippen LogP contribution in [0.25, 0.3) is 0 Å². The van der Waals surface area contributed by atoms with Gasteiger partial charge in [-0.3, -0.25) is 5.43 Å². The topological polar surface area (TPSA) is 96.3 Å². The largest absolute Gasteiger partial charge is 0.264 e. The van der Waals surface area contributed by atoms with Crippen molar-refractivity contribution in [2.24, 2.45) is 5.10 Å². The smallest absolute Gasteiger partial charge is 0.261 e. The lowest BCUT2D eigenvalue weighted by molar-refractivity contribution is 0.601. The molecule has 8 heteroatoms. The minimum Gasteiger partial charge on any atom is -0.261 e. The Morgan fingerprint density at radius 1 is 0.962 bits per heavy atom. The molecule has 132 valence electrons. The number of hydrogen-bond donors (Lipinski definition) is 2. The van der Waals surface area contributed by atoms with Crippen LogP contribution in [0.5, 0.6) is 0 Å². The molecule has 0 amide bonds. The van der Waals surface area contributed by atoms with E-state index in [4.69, 9.17) is 0 Å². The molecule has 0 aliphatic rings. The van der Waals surface area contributed by atoms with E-state index in [1.54, 1.807) is 37.4 Å². The molecule has 3 rings (SSSR count). The second kappa shape index (κ2) is 7.75. The molecule has 7 nitrogen and oxygen atoms in total. The van der Waals surface area contributed by atoms with Gasteiger partial charge in [-0.15, -0.1) is 0 Å². The number of sulfonamides is 1. The average molecular weight is 367 g/mol. The fourth-order valence-corrected chi connectivity index (χ4v) is 3.13. The number of rotatable bonds is 6. The van der Waals surface area contributed by atoms with E-state index in [1.165, 1.54) is 12.1 Å². The van der Waals surface area contributed by atoms with E-state index in [2.05, 4.69) is 25.2 Å². The SMILES string of the molecule is Cc1cc(N/N=C\c2ccccc2)nc(NS(=O)(=O)c2ccccc2)n1. The number of aromatic nitrogens is 2. The molecular formula is C18H17N5O2S. The Kier molecular flexibility index (Phi) is 5.23. The molecule has 0 saturated carbocycles. The summed E-state index contributed by atoms with van der Waals surface area (Å²) in [5, 5.41) is 4.11. The molecule has 3 aromatic rings. The Morgan fingerprint density at radius 3 is 2.31 bits per heavy atom. The summed E-state index contributed by atoms with van der Waals surface area (Å²) < 4.78 is 27.1. The third-order valence-electron chi connectivity index (χ3n) is 3.33. The zero-order valence-electron chi connectivity index (χ0n) is 14.0. The van der Waals surface area contributed by atoms with Crippen molar-refractivity contribution in [3.63, 3.8) is 0 Å². The fraction of sp³-hybridized carbons (Fsp3) is 0.0556.